The minimum Gasteiger partial charge on any atom is -0.467 e. The van der Waals surface area contributed by atoms with Gasteiger partial charge in [-0.05, 0) is 32.0 Å². The first-order valence-electron chi connectivity index (χ1n) is 9.64. The molecule has 1 fully saturated rings. The zero-order valence-corrected chi connectivity index (χ0v) is 17.7. The van der Waals surface area contributed by atoms with Crippen LogP contribution in [0.2, 0.25) is 0 Å². The number of nitrogens with zero attached hydrogens (tertiary/aromatic N) is 4. The van der Waals surface area contributed by atoms with Gasteiger partial charge in [0.1, 0.15) is 5.76 Å². The Kier molecular flexibility index (Phi) is 5.27. The molecule has 7 nitrogen and oxygen atoms in total. The number of aryl methyl sites for hydroxylation is 1. The molecule has 1 saturated heterocycles. The Balaban J connectivity index is 1.66. The van der Waals surface area contributed by atoms with E-state index in [-0.39, 0.29) is 11.8 Å². The van der Waals surface area contributed by atoms with Gasteiger partial charge in [0.15, 0.2) is 0 Å². The molecule has 0 aliphatic carbocycles. The molecular weight excluding hydrogens is 388 g/mol. The molecule has 0 aromatic carbocycles. The molecule has 29 heavy (non-hydrogen) atoms. The van der Waals surface area contributed by atoms with E-state index in [1.165, 1.54) is 0 Å². The second kappa shape index (κ2) is 7.87. The van der Waals surface area contributed by atoms with Crippen LogP contribution >= 0.6 is 11.3 Å². The maximum Gasteiger partial charge on any atom is 0.255 e. The van der Waals surface area contributed by atoms with Gasteiger partial charge in [0, 0.05) is 44.2 Å². The van der Waals surface area contributed by atoms with Crippen LogP contribution in [0.15, 0.2) is 34.3 Å². The van der Waals surface area contributed by atoms with E-state index in [4.69, 9.17) is 4.42 Å². The molecule has 8 heteroatoms. The lowest BCUT2D eigenvalue weighted by Crippen LogP contribution is -2.50. The Labute approximate surface area is 173 Å². The van der Waals surface area contributed by atoms with Crippen molar-refractivity contribution in [2.24, 2.45) is 0 Å². The lowest BCUT2D eigenvalue weighted by atomic mass is 10.2. The molecule has 2 amide bonds. The second-order valence-corrected chi connectivity index (χ2v) is 8.31. The monoisotopic (exact) mass is 412 g/mol. The number of furan rings is 1. The van der Waals surface area contributed by atoms with E-state index >= 15 is 0 Å². The van der Waals surface area contributed by atoms with Crippen molar-refractivity contribution in [3.8, 4) is 11.4 Å². The van der Waals surface area contributed by atoms with Crippen LogP contribution in [0.25, 0.3) is 11.4 Å². The minimum absolute atomic E-state index is 0.00269. The number of rotatable bonds is 4. The SMILES string of the molecule is CC(=O)N1CCN(C(=O)c2cc(-c3csc(C)n3)n(Cc3ccco3)c2C)CC1. The van der Waals surface area contributed by atoms with Gasteiger partial charge in [-0.2, -0.15) is 0 Å². The lowest BCUT2D eigenvalue weighted by molar-refractivity contribution is -0.130. The van der Waals surface area contributed by atoms with Gasteiger partial charge in [-0.25, -0.2) is 4.98 Å². The van der Waals surface area contributed by atoms with Crippen LogP contribution in [0.4, 0.5) is 0 Å². The molecule has 0 saturated carbocycles. The molecule has 152 valence electrons. The van der Waals surface area contributed by atoms with Crippen molar-refractivity contribution in [3.05, 3.63) is 51.9 Å². The zero-order chi connectivity index (χ0) is 20.5. The number of hydrogen-bond donors (Lipinski definition) is 0. The van der Waals surface area contributed by atoms with Crippen LogP contribution in [0.5, 0.6) is 0 Å². The minimum atomic E-state index is -0.00269. The van der Waals surface area contributed by atoms with Gasteiger partial charge in [-0.15, -0.1) is 11.3 Å². The Morgan fingerprint density at radius 3 is 2.48 bits per heavy atom. The fourth-order valence-corrected chi connectivity index (χ4v) is 4.32. The van der Waals surface area contributed by atoms with Crippen molar-refractivity contribution >= 4 is 23.2 Å². The summed E-state index contributed by atoms with van der Waals surface area (Å²) in [4.78, 5) is 33.1. The van der Waals surface area contributed by atoms with Crippen LogP contribution in [-0.2, 0) is 11.3 Å². The summed E-state index contributed by atoms with van der Waals surface area (Å²) in [6.45, 7) is 8.29. The lowest BCUT2D eigenvalue weighted by Gasteiger charge is -2.34. The second-order valence-electron chi connectivity index (χ2n) is 7.24. The van der Waals surface area contributed by atoms with E-state index in [1.807, 2.05) is 42.3 Å². The van der Waals surface area contributed by atoms with E-state index in [0.29, 0.717) is 38.3 Å². The molecule has 1 aliphatic rings. The summed E-state index contributed by atoms with van der Waals surface area (Å²) in [6, 6.07) is 5.73. The third-order valence-electron chi connectivity index (χ3n) is 5.38. The highest BCUT2D eigenvalue weighted by Crippen LogP contribution is 2.29. The maximum absolute atomic E-state index is 13.3. The van der Waals surface area contributed by atoms with E-state index < -0.39 is 0 Å². The number of amides is 2. The summed E-state index contributed by atoms with van der Waals surface area (Å²) < 4.78 is 7.63. The maximum atomic E-state index is 13.3. The Morgan fingerprint density at radius 1 is 1.17 bits per heavy atom. The van der Waals surface area contributed by atoms with Crippen molar-refractivity contribution in [2.45, 2.75) is 27.3 Å². The third kappa shape index (κ3) is 3.85. The molecular formula is C21H24N4O3S. The first kappa shape index (κ1) is 19.4. The molecule has 0 unspecified atom stereocenters. The van der Waals surface area contributed by atoms with Crippen LogP contribution in [-0.4, -0.2) is 57.3 Å². The van der Waals surface area contributed by atoms with E-state index in [0.717, 1.165) is 27.8 Å². The number of thiazole rings is 1. The smallest absolute Gasteiger partial charge is 0.255 e. The van der Waals surface area contributed by atoms with Crippen molar-refractivity contribution in [1.82, 2.24) is 19.4 Å². The van der Waals surface area contributed by atoms with E-state index in [1.54, 1.807) is 29.4 Å². The number of carbonyl (C=O) groups is 2. The molecule has 0 spiro atoms. The fourth-order valence-electron chi connectivity index (χ4n) is 3.71. The Bertz CT molecular complexity index is 1030. The van der Waals surface area contributed by atoms with Gasteiger partial charge in [0.25, 0.3) is 5.91 Å². The highest BCUT2D eigenvalue weighted by atomic mass is 32.1. The normalized spacial score (nSPS) is 14.4. The van der Waals surface area contributed by atoms with Gasteiger partial charge < -0.3 is 18.8 Å². The van der Waals surface area contributed by atoms with Gasteiger partial charge in [-0.3, -0.25) is 9.59 Å². The quantitative estimate of drug-likeness (QED) is 0.660. The Morgan fingerprint density at radius 2 is 1.90 bits per heavy atom. The molecule has 0 bridgehead atoms. The van der Waals surface area contributed by atoms with E-state index in [2.05, 4.69) is 9.55 Å². The van der Waals surface area contributed by atoms with E-state index in [9.17, 15) is 9.59 Å². The van der Waals surface area contributed by atoms with Crippen LogP contribution in [0.3, 0.4) is 0 Å². The molecule has 4 rings (SSSR count). The highest BCUT2D eigenvalue weighted by molar-refractivity contribution is 7.09. The summed E-state index contributed by atoms with van der Waals surface area (Å²) in [6.07, 6.45) is 1.65. The Hall–Kier alpha value is -2.87. The van der Waals surface area contributed by atoms with Crippen LogP contribution in [0, 0.1) is 13.8 Å². The molecule has 0 N–H and O–H groups in total. The number of hydrogen-bond acceptors (Lipinski definition) is 5. The topological polar surface area (TPSA) is 71.6 Å². The summed E-state index contributed by atoms with van der Waals surface area (Å²) in [7, 11) is 0. The van der Waals surface area contributed by atoms with Gasteiger partial charge in [0.05, 0.1) is 34.8 Å². The van der Waals surface area contributed by atoms with Crippen molar-refractivity contribution in [2.75, 3.05) is 26.2 Å². The standard InChI is InChI=1S/C21H24N4O3S/c1-14-18(21(27)24-8-6-23(7-9-24)16(3)26)11-20(19-13-29-15(2)22-19)25(14)12-17-5-4-10-28-17/h4-5,10-11,13H,6-9,12H2,1-3H3. The first-order chi connectivity index (χ1) is 13.9. The zero-order valence-electron chi connectivity index (χ0n) is 16.8. The summed E-state index contributed by atoms with van der Waals surface area (Å²) in [5.41, 5.74) is 3.34. The molecule has 4 heterocycles. The summed E-state index contributed by atoms with van der Waals surface area (Å²) >= 11 is 1.59. The summed E-state index contributed by atoms with van der Waals surface area (Å²) in [5, 5.41) is 3.00. The van der Waals surface area contributed by atoms with Crippen LogP contribution in [0.1, 0.15) is 33.7 Å². The fraction of sp³-hybridized carbons (Fsp3) is 0.381. The molecule has 0 radical (unpaired) electrons. The van der Waals surface area contributed by atoms with Gasteiger partial charge in [-0.1, -0.05) is 0 Å². The number of carbonyl (C=O) groups excluding carboxylic acids is 2. The predicted molar refractivity (Wildman–Crippen MR) is 111 cm³/mol. The predicted octanol–water partition coefficient (Wildman–Crippen LogP) is 3.17. The molecule has 1 aliphatic heterocycles. The van der Waals surface area contributed by atoms with Crippen LogP contribution < -0.4 is 0 Å². The molecule has 0 atom stereocenters. The number of piperazine rings is 1. The van der Waals surface area contributed by atoms with Crippen molar-refractivity contribution in [3.63, 3.8) is 0 Å². The number of aromatic nitrogens is 2. The van der Waals surface area contributed by atoms with Gasteiger partial charge >= 0.3 is 0 Å². The van der Waals surface area contributed by atoms with Crippen molar-refractivity contribution in [1.29, 1.82) is 0 Å². The third-order valence-corrected chi connectivity index (χ3v) is 6.16. The highest BCUT2D eigenvalue weighted by Gasteiger charge is 2.27. The first-order valence-corrected chi connectivity index (χ1v) is 10.5. The molecule has 3 aromatic heterocycles. The summed E-state index contributed by atoms with van der Waals surface area (Å²) in [5.74, 6) is 0.877. The van der Waals surface area contributed by atoms with Gasteiger partial charge in [0.2, 0.25) is 5.91 Å². The average molecular weight is 413 g/mol. The largest absolute Gasteiger partial charge is 0.467 e. The van der Waals surface area contributed by atoms with Crippen molar-refractivity contribution < 1.29 is 14.0 Å². The average Bonchev–Trinajstić information content (AvgIpc) is 3.44. The molecule has 3 aromatic rings.